The summed E-state index contributed by atoms with van der Waals surface area (Å²) < 4.78 is 32.8. The molecule has 0 fully saturated rings. The molecule has 2 N–H and O–H groups in total. The number of nitrogens with two attached hydrogens (primary N) is 1. The smallest absolute Gasteiger partial charge is 0.330 e. The van der Waals surface area contributed by atoms with Gasteiger partial charge < -0.3 is 5.73 Å². The van der Waals surface area contributed by atoms with Crippen molar-refractivity contribution in [2.45, 2.75) is 10.6 Å². The molecule has 0 radical (unpaired) electrons. The second-order valence-corrected chi connectivity index (χ2v) is 4.94. The van der Waals surface area contributed by atoms with Crippen molar-refractivity contribution < 1.29 is 12.3 Å². The molecule has 0 spiro atoms. The number of halogens is 2. The molecule has 1 aromatic rings. The van der Waals surface area contributed by atoms with Crippen LogP contribution in [0.2, 0.25) is 0 Å². The maximum absolute atomic E-state index is 12.3. The van der Waals surface area contributed by atoms with Gasteiger partial charge in [-0.05, 0) is 25.1 Å². The van der Waals surface area contributed by atoms with Crippen molar-refractivity contribution in [2.24, 2.45) is 5.73 Å². The Morgan fingerprint density at radius 1 is 1.46 bits per heavy atom. The van der Waals surface area contributed by atoms with Gasteiger partial charge in [0.2, 0.25) is 0 Å². The molecule has 1 rings (SSSR count). The molecule has 0 aliphatic heterocycles. The van der Waals surface area contributed by atoms with E-state index in [9.17, 15) is 12.3 Å². The SMILES string of the molecule is Cl.NCCc1ccc(S(=O)(=O)F)s1. The summed E-state index contributed by atoms with van der Waals surface area (Å²) in [6.45, 7) is 0.437. The average molecular weight is 246 g/mol. The van der Waals surface area contributed by atoms with Crippen LogP contribution >= 0.6 is 23.7 Å². The fourth-order valence-corrected chi connectivity index (χ4v) is 2.47. The first-order valence-corrected chi connectivity index (χ1v) is 5.47. The number of rotatable bonds is 3. The lowest BCUT2D eigenvalue weighted by molar-refractivity contribution is 0.554. The predicted molar refractivity (Wildman–Crippen MR) is 52.6 cm³/mol. The summed E-state index contributed by atoms with van der Waals surface area (Å²) in [5.41, 5.74) is 5.24. The van der Waals surface area contributed by atoms with Crippen LogP contribution in [0.3, 0.4) is 0 Å². The van der Waals surface area contributed by atoms with Crippen LogP contribution in [0.4, 0.5) is 3.89 Å². The third-order valence-corrected chi connectivity index (χ3v) is 3.67. The highest BCUT2D eigenvalue weighted by atomic mass is 35.5. The highest BCUT2D eigenvalue weighted by molar-refractivity contribution is 7.88. The average Bonchev–Trinajstić information content (AvgIpc) is 2.35. The zero-order chi connectivity index (χ0) is 9.19. The minimum absolute atomic E-state index is 0. The van der Waals surface area contributed by atoms with Crippen molar-refractivity contribution in [3.8, 4) is 0 Å². The summed E-state index contributed by atoms with van der Waals surface area (Å²) in [4.78, 5) is 0.786. The van der Waals surface area contributed by atoms with Gasteiger partial charge in [-0.25, -0.2) is 0 Å². The standard InChI is InChI=1S/C6H8FNO2S2.ClH/c7-12(9,10)6-2-1-5(11-6)3-4-8;/h1-2H,3-4,8H2;1H. The fraction of sp³-hybridized carbons (Fsp3) is 0.333. The van der Waals surface area contributed by atoms with Gasteiger partial charge in [0, 0.05) is 4.88 Å². The molecule has 0 aliphatic carbocycles. The van der Waals surface area contributed by atoms with E-state index in [2.05, 4.69) is 0 Å². The summed E-state index contributed by atoms with van der Waals surface area (Å²) in [6, 6.07) is 2.83. The zero-order valence-electron chi connectivity index (χ0n) is 6.57. The van der Waals surface area contributed by atoms with Crippen molar-refractivity contribution in [1.29, 1.82) is 0 Å². The molecule has 0 amide bonds. The first kappa shape index (κ1) is 12.8. The van der Waals surface area contributed by atoms with Gasteiger partial charge in [0.25, 0.3) is 0 Å². The molecule has 7 heteroatoms. The highest BCUT2D eigenvalue weighted by Crippen LogP contribution is 2.23. The summed E-state index contributed by atoms with van der Waals surface area (Å²) in [6.07, 6.45) is 0.584. The molecule has 0 atom stereocenters. The van der Waals surface area contributed by atoms with E-state index in [1.165, 1.54) is 6.07 Å². The van der Waals surface area contributed by atoms with E-state index in [-0.39, 0.29) is 16.6 Å². The van der Waals surface area contributed by atoms with E-state index < -0.39 is 10.2 Å². The molecule has 1 heterocycles. The van der Waals surface area contributed by atoms with Crippen LogP contribution in [0.15, 0.2) is 16.3 Å². The molecule has 1 aromatic heterocycles. The van der Waals surface area contributed by atoms with E-state index in [1.807, 2.05) is 0 Å². The molecule has 0 aliphatic rings. The Morgan fingerprint density at radius 3 is 2.46 bits per heavy atom. The quantitative estimate of drug-likeness (QED) is 0.818. The second kappa shape index (κ2) is 4.90. The zero-order valence-corrected chi connectivity index (χ0v) is 9.01. The van der Waals surface area contributed by atoms with Gasteiger partial charge in [-0.3, -0.25) is 0 Å². The molecule has 3 nitrogen and oxygen atoms in total. The lowest BCUT2D eigenvalue weighted by atomic mass is 10.3. The predicted octanol–water partition coefficient (Wildman–Crippen LogP) is 1.33. The van der Waals surface area contributed by atoms with Crippen molar-refractivity contribution in [3.05, 3.63) is 17.0 Å². The van der Waals surface area contributed by atoms with Crippen LogP contribution in [-0.4, -0.2) is 15.0 Å². The minimum Gasteiger partial charge on any atom is -0.330 e. The van der Waals surface area contributed by atoms with E-state index in [4.69, 9.17) is 5.73 Å². The third kappa shape index (κ3) is 3.60. The molecular formula is C6H9ClFNO2S2. The molecule has 13 heavy (non-hydrogen) atoms. The van der Waals surface area contributed by atoms with Crippen LogP contribution in [-0.2, 0) is 16.6 Å². The van der Waals surface area contributed by atoms with Gasteiger partial charge in [0.1, 0.15) is 0 Å². The van der Waals surface area contributed by atoms with E-state index in [0.717, 1.165) is 16.2 Å². The number of hydrogen-bond donors (Lipinski definition) is 1. The number of thiophene rings is 1. The van der Waals surface area contributed by atoms with E-state index in [0.29, 0.717) is 13.0 Å². The highest BCUT2D eigenvalue weighted by Gasteiger charge is 2.14. The van der Waals surface area contributed by atoms with Crippen LogP contribution in [0.1, 0.15) is 4.88 Å². The van der Waals surface area contributed by atoms with Crippen molar-refractivity contribution >= 4 is 34.0 Å². The molecule has 0 bridgehead atoms. The topological polar surface area (TPSA) is 60.2 Å². The van der Waals surface area contributed by atoms with Crippen molar-refractivity contribution in [1.82, 2.24) is 0 Å². The Balaban J connectivity index is 0.00000144. The van der Waals surface area contributed by atoms with Crippen LogP contribution in [0.25, 0.3) is 0 Å². The second-order valence-electron chi connectivity index (χ2n) is 2.20. The van der Waals surface area contributed by atoms with Gasteiger partial charge in [-0.15, -0.1) is 23.7 Å². The van der Waals surface area contributed by atoms with E-state index >= 15 is 0 Å². The van der Waals surface area contributed by atoms with E-state index in [1.54, 1.807) is 6.07 Å². The first-order chi connectivity index (χ1) is 5.54. The van der Waals surface area contributed by atoms with Gasteiger partial charge in [0.05, 0.1) is 0 Å². The summed E-state index contributed by atoms with van der Waals surface area (Å²) in [7, 11) is -4.52. The maximum Gasteiger partial charge on any atom is 0.341 e. The van der Waals surface area contributed by atoms with Gasteiger partial charge in [-0.1, -0.05) is 3.89 Å². The molecule has 0 unspecified atom stereocenters. The first-order valence-electron chi connectivity index (χ1n) is 3.27. The Hall–Kier alpha value is -0.170. The largest absolute Gasteiger partial charge is 0.341 e. The van der Waals surface area contributed by atoms with Crippen molar-refractivity contribution in [3.63, 3.8) is 0 Å². The van der Waals surface area contributed by atoms with Gasteiger partial charge in [-0.2, -0.15) is 8.42 Å². The fourth-order valence-electron chi connectivity index (χ4n) is 0.766. The van der Waals surface area contributed by atoms with Gasteiger partial charge >= 0.3 is 10.2 Å². The van der Waals surface area contributed by atoms with Crippen LogP contribution in [0, 0.1) is 0 Å². The summed E-state index contributed by atoms with van der Waals surface area (Å²) in [5.74, 6) is 0. The minimum atomic E-state index is -4.52. The Bertz CT molecular complexity index is 362. The van der Waals surface area contributed by atoms with Crippen molar-refractivity contribution in [2.75, 3.05) is 6.54 Å². The molecule has 0 saturated carbocycles. The Morgan fingerprint density at radius 2 is 2.08 bits per heavy atom. The lowest BCUT2D eigenvalue weighted by Gasteiger charge is -1.88. The molecule has 0 saturated heterocycles. The molecule has 76 valence electrons. The van der Waals surface area contributed by atoms with Crippen LogP contribution < -0.4 is 5.73 Å². The lowest BCUT2D eigenvalue weighted by Crippen LogP contribution is -2.00. The molecular weight excluding hydrogens is 237 g/mol. The maximum atomic E-state index is 12.3. The van der Waals surface area contributed by atoms with Crippen LogP contribution in [0.5, 0.6) is 0 Å². The molecule has 0 aromatic carbocycles. The number of hydrogen-bond acceptors (Lipinski definition) is 4. The normalized spacial score (nSPS) is 10.9. The summed E-state index contributed by atoms with van der Waals surface area (Å²) >= 11 is 0.921. The Labute approximate surface area is 86.4 Å². The monoisotopic (exact) mass is 245 g/mol. The Kier molecular flexibility index (Phi) is 4.83. The third-order valence-electron chi connectivity index (χ3n) is 1.27. The summed E-state index contributed by atoms with van der Waals surface area (Å²) in [5, 5.41) is 0. The van der Waals surface area contributed by atoms with Gasteiger partial charge in [0.15, 0.2) is 4.21 Å².